The van der Waals surface area contributed by atoms with Crippen molar-refractivity contribution in [1.82, 2.24) is 0 Å². The maximum atomic E-state index is 5.49. The van der Waals surface area contributed by atoms with Crippen molar-refractivity contribution in [2.24, 2.45) is 0 Å². The van der Waals surface area contributed by atoms with Gasteiger partial charge in [-0.2, -0.15) is 0 Å². The zero-order valence-electron chi connectivity index (χ0n) is 11.9. The number of rotatable bonds is 4. The standard InChI is InChI=1S/C16H25NO/c1-4-14(5-2)15-6-8-16(9-7-15)17-10-11-18-12-13(17)3/h6-9,13-14H,4-5,10-12H2,1-3H3. The second-order valence-corrected chi connectivity index (χ2v) is 5.22. The average molecular weight is 247 g/mol. The van der Waals surface area contributed by atoms with Crippen LogP contribution in [0.15, 0.2) is 24.3 Å². The lowest BCUT2D eigenvalue weighted by molar-refractivity contribution is 0.0989. The van der Waals surface area contributed by atoms with Crippen LogP contribution < -0.4 is 4.90 Å². The first kappa shape index (κ1) is 13.4. The van der Waals surface area contributed by atoms with Crippen LogP contribution in [-0.4, -0.2) is 25.8 Å². The molecule has 1 saturated heterocycles. The van der Waals surface area contributed by atoms with E-state index in [0.717, 1.165) is 19.8 Å². The minimum Gasteiger partial charge on any atom is -0.377 e. The third-order valence-electron chi connectivity index (χ3n) is 4.05. The summed E-state index contributed by atoms with van der Waals surface area (Å²) < 4.78 is 5.49. The predicted molar refractivity (Wildman–Crippen MR) is 77.4 cm³/mol. The van der Waals surface area contributed by atoms with E-state index >= 15 is 0 Å². The molecule has 0 radical (unpaired) electrons. The molecule has 2 heteroatoms. The van der Waals surface area contributed by atoms with Crippen LogP contribution in [0.2, 0.25) is 0 Å². The van der Waals surface area contributed by atoms with E-state index in [0.29, 0.717) is 12.0 Å². The van der Waals surface area contributed by atoms with Crippen molar-refractivity contribution in [2.45, 2.75) is 45.6 Å². The van der Waals surface area contributed by atoms with E-state index in [2.05, 4.69) is 49.9 Å². The summed E-state index contributed by atoms with van der Waals surface area (Å²) in [5, 5.41) is 0. The predicted octanol–water partition coefficient (Wildman–Crippen LogP) is 3.82. The van der Waals surface area contributed by atoms with E-state index in [1.807, 2.05) is 0 Å². The number of anilines is 1. The average Bonchev–Trinajstić information content (AvgIpc) is 2.42. The van der Waals surface area contributed by atoms with Gasteiger partial charge in [-0.1, -0.05) is 26.0 Å². The molecule has 1 heterocycles. The molecule has 0 bridgehead atoms. The Labute approximate surface area is 111 Å². The third-order valence-corrected chi connectivity index (χ3v) is 4.05. The molecule has 1 fully saturated rings. The monoisotopic (exact) mass is 247 g/mol. The first-order valence-corrected chi connectivity index (χ1v) is 7.20. The van der Waals surface area contributed by atoms with Crippen molar-refractivity contribution in [3.63, 3.8) is 0 Å². The fourth-order valence-corrected chi connectivity index (χ4v) is 2.81. The maximum Gasteiger partial charge on any atom is 0.0668 e. The van der Waals surface area contributed by atoms with E-state index in [4.69, 9.17) is 4.74 Å². The molecule has 18 heavy (non-hydrogen) atoms. The molecular weight excluding hydrogens is 222 g/mol. The van der Waals surface area contributed by atoms with E-state index in [9.17, 15) is 0 Å². The largest absolute Gasteiger partial charge is 0.377 e. The second kappa shape index (κ2) is 6.24. The van der Waals surface area contributed by atoms with Gasteiger partial charge in [-0.3, -0.25) is 0 Å². The summed E-state index contributed by atoms with van der Waals surface area (Å²) in [6.45, 7) is 9.46. The van der Waals surface area contributed by atoms with Gasteiger partial charge >= 0.3 is 0 Å². The van der Waals surface area contributed by atoms with Crippen LogP contribution in [0.5, 0.6) is 0 Å². The molecule has 0 spiro atoms. The van der Waals surface area contributed by atoms with Crippen LogP contribution in [0.25, 0.3) is 0 Å². The first-order chi connectivity index (χ1) is 8.76. The zero-order valence-corrected chi connectivity index (χ0v) is 11.9. The molecule has 1 aromatic rings. The number of ether oxygens (including phenoxy) is 1. The van der Waals surface area contributed by atoms with Crippen molar-refractivity contribution in [3.8, 4) is 0 Å². The number of morpholine rings is 1. The summed E-state index contributed by atoms with van der Waals surface area (Å²) in [6, 6.07) is 9.63. The Morgan fingerprint density at radius 1 is 1.22 bits per heavy atom. The van der Waals surface area contributed by atoms with E-state index in [1.165, 1.54) is 24.1 Å². The number of nitrogens with zero attached hydrogens (tertiary/aromatic N) is 1. The van der Waals surface area contributed by atoms with Crippen LogP contribution in [-0.2, 0) is 4.74 Å². The van der Waals surface area contributed by atoms with Crippen molar-refractivity contribution in [3.05, 3.63) is 29.8 Å². The highest BCUT2D eigenvalue weighted by molar-refractivity contribution is 5.49. The maximum absolute atomic E-state index is 5.49. The third kappa shape index (κ3) is 2.86. The molecule has 2 rings (SSSR count). The van der Waals surface area contributed by atoms with Gasteiger partial charge in [-0.25, -0.2) is 0 Å². The fraction of sp³-hybridized carbons (Fsp3) is 0.625. The molecule has 0 amide bonds. The molecule has 100 valence electrons. The Morgan fingerprint density at radius 2 is 1.89 bits per heavy atom. The van der Waals surface area contributed by atoms with E-state index in [1.54, 1.807) is 0 Å². The van der Waals surface area contributed by atoms with Crippen molar-refractivity contribution in [2.75, 3.05) is 24.7 Å². The summed E-state index contributed by atoms with van der Waals surface area (Å²) in [5.41, 5.74) is 2.81. The number of benzene rings is 1. The SMILES string of the molecule is CCC(CC)c1ccc(N2CCOCC2C)cc1. The highest BCUT2D eigenvalue weighted by Gasteiger charge is 2.19. The molecule has 0 aliphatic carbocycles. The first-order valence-electron chi connectivity index (χ1n) is 7.20. The van der Waals surface area contributed by atoms with Gasteiger partial charge in [0.05, 0.1) is 13.2 Å². The molecule has 0 saturated carbocycles. The van der Waals surface area contributed by atoms with E-state index < -0.39 is 0 Å². The highest BCUT2D eigenvalue weighted by Crippen LogP contribution is 2.26. The topological polar surface area (TPSA) is 12.5 Å². The van der Waals surface area contributed by atoms with E-state index in [-0.39, 0.29) is 0 Å². The van der Waals surface area contributed by atoms with Crippen molar-refractivity contribution >= 4 is 5.69 Å². The Bertz CT molecular complexity index is 356. The second-order valence-electron chi connectivity index (χ2n) is 5.22. The van der Waals surface area contributed by atoms with Gasteiger partial charge < -0.3 is 9.64 Å². The van der Waals surface area contributed by atoms with Crippen LogP contribution in [0.3, 0.4) is 0 Å². The molecule has 0 aromatic heterocycles. The molecule has 2 nitrogen and oxygen atoms in total. The van der Waals surface area contributed by atoms with Crippen LogP contribution in [0.1, 0.15) is 45.1 Å². The van der Waals surface area contributed by atoms with Gasteiger partial charge in [0.1, 0.15) is 0 Å². The highest BCUT2D eigenvalue weighted by atomic mass is 16.5. The Hall–Kier alpha value is -1.02. The summed E-state index contributed by atoms with van der Waals surface area (Å²) in [5.74, 6) is 0.709. The van der Waals surface area contributed by atoms with Gasteiger partial charge in [0.2, 0.25) is 0 Å². The molecule has 1 aliphatic heterocycles. The molecule has 1 aliphatic rings. The molecule has 1 aromatic carbocycles. The lowest BCUT2D eigenvalue weighted by atomic mass is 9.94. The molecular formula is C16H25NO. The Kier molecular flexibility index (Phi) is 4.65. The van der Waals surface area contributed by atoms with Crippen LogP contribution in [0, 0.1) is 0 Å². The Balaban J connectivity index is 2.11. The lowest BCUT2D eigenvalue weighted by Gasteiger charge is -2.35. The summed E-state index contributed by atoms with van der Waals surface area (Å²) in [7, 11) is 0. The van der Waals surface area contributed by atoms with Crippen molar-refractivity contribution < 1.29 is 4.74 Å². The fourth-order valence-electron chi connectivity index (χ4n) is 2.81. The molecule has 1 atom stereocenters. The zero-order chi connectivity index (χ0) is 13.0. The minimum absolute atomic E-state index is 0.484. The van der Waals surface area contributed by atoms with Crippen molar-refractivity contribution in [1.29, 1.82) is 0 Å². The number of hydrogen-bond donors (Lipinski definition) is 0. The van der Waals surface area contributed by atoms with Gasteiger partial charge in [0.15, 0.2) is 0 Å². The number of hydrogen-bond acceptors (Lipinski definition) is 2. The molecule has 1 unspecified atom stereocenters. The van der Waals surface area contributed by atoms with Crippen LogP contribution in [0.4, 0.5) is 5.69 Å². The van der Waals surface area contributed by atoms with Gasteiger partial charge in [-0.05, 0) is 43.4 Å². The lowest BCUT2D eigenvalue weighted by Crippen LogP contribution is -2.43. The summed E-state index contributed by atoms with van der Waals surface area (Å²) >= 11 is 0. The van der Waals surface area contributed by atoms with Gasteiger partial charge in [0.25, 0.3) is 0 Å². The van der Waals surface area contributed by atoms with Gasteiger partial charge in [-0.15, -0.1) is 0 Å². The van der Waals surface area contributed by atoms with Gasteiger partial charge in [0, 0.05) is 18.3 Å². The summed E-state index contributed by atoms with van der Waals surface area (Å²) in [4.78, 5) is 2.44. The quantitative estimate of drug-likeness (QED) is 0.802. The van der Waals surface area contributed by atoms with Crippen LogP contribution >= 0.6 is 0 Å². The minimum atomic E-state index is 0.484. The Morgan fingerprint density at radius 3 is 2.44 bits per heavy atom. The molecule has 0 N–H and O–H groups in total. The smallest absolute Gasteiger partial charge is 0.0668 e. The normalized spacial score (nSPS) is 20.4. The summed E-state index contributed by atoms with van der Waals surface area (Å²) in [6.07, 6.45) is 2.45.